The number of oxime groups is 1. The second-order valence-electron chi connectivity index (χ2n) is 3.13. The third-order valence-corrected chi connectivity index (χ3v) is 2.71. The van der Waals surface area contributed by atoms with Gasteiger partial charge in [0.25, 0.3) is 0 Å². The molecule has 1 N–H and O–H groups in total. The van der Waals surface area contributed by atoms with Crippen molar-refractivity contribution in [3.63, 3.8) is 0 Å². The highest BCUT2D eigenvalue weighted by Crippen LogP contribution is 2.33. The number of hydrogen-bond donors (Lipinski definition) is 1. The highest BCUT2D eigenvalue weighted by atomic mass is 127. The predicted octanol–water partition coefficient (Wildman–Crippen LogP) is 2.90. The maximum absolute atomic E-state index is 8.48. The maximum atomic E-state index is 8.48. The Morgan fingerprint density at radius 1 is 1.50 bits per heavy atom. The maximum Gasteiger partial charge on any atom is 0.174 e. The summed E-state index contributed by atoms with van der Waals surface area (Å²) in [5.74, 6) is 1.38. The summed E-state index contributed by atoms with van der Waals surface area (Å²) in [6.45, 7) is 2.70. The Bertz CT molecular complexity index is 380. The molecule has 0 aromatic heterocycles. The molecular formula is C11H14INO3. The Kier molecular flexibility index (Phi) is 5.37. The zero-order valence-electron chi connectivity index (χ0n) is 9.24. The van der Waals surface area contributed by atoms with Crippen molar-refractivity contribution < 1.29 is 14.7 Å². The fourth-order valence-corrected chi connectivity index (χ4v) is 2.01. The van der Waals surface area contributed by atoms with Gasteiger partial charge in [0.2, 0.25) is 0 Å². The van der Waals surface area contributed by atoms with Crippen molar-refractivity contribution in [2.24, 2.45) is 5.16 Å². The minimum Gasteiger partial charge on any atom is -0.493 e. The first-order chi connectivity index (χ1) is 7.72. The summed E-state index contributed by atoms with van der Waals surface area (Å²) in [6.07, 6.45) is 2.30. The average molecular weight is 335 g/mol. The number of halogens is 1. The highest BCUT2D eigenvalue weighted by Gasteiger charge is 2.10. The summed E-state index contributed by atoms with van der Waals surface area (Å²) >= 11 is 2.17. The standard InChI is InChI=1S/C11H14INO3/c1-3-4-16-11-9(12)5-8(7-13-14)6-10(11)15-2/h5-7,14H,3-4H2,1-2H3/b13-7-. The molecule has 0 heterocycles. The molecule has 0 aliphatic carbocycles. The van der Waals surface area contributed by atoms with Gasteiger partial charge in [0.1, 0.15) is 0 Å². The van der Waals surface area contributed by atoms with Crippen LogP contribution in [0.2, 0.25) is 0 Å². The van der Waals surface area contributed by atoms with Gasteiger partial charge in [-0.3, -0.25) is 0 Å². The molecule has 0 unspecified atom stereocenters. The summed E-state index contributed by atoms with van der Waals surface area (Å²) in [6, 6.07) is 3.64. The van der Waals surface area contributed by atoms with Gasteiger partial charge < -0.3 is 14.7 Å². The zero-order valence-corrected chi connectivity index (χ0v) is 11.4. The van der Waals surface area contributed by atoms with Crippen LogP contribution in [-0.2, 0) is 0 Å². The molecule has 0 saturated heterocycles. The molecule has 0 atom stereocenters. The van der Waals surface area contributed by atoms with Gasteiger partial charge in [-0.2, -0.15) is 0 Å². The first-order valence-corrected chi connectivity index (χ1v) is 5.98. The smallest absolute Gasteiger partial charge is 0.174 e. The number of methoxy groups -OCH3 is 1. The van der Waals surface area contributed by atoms with E-state index in [4.69, 9.17) is 14.7 Å². The molecule has 88 valence electrons. The van der Waals surface area contributed by atoms with E-state index in [2.05, 4.69) is 27.7 Å². The predicted molar refractivity (Wildman–Crippen MR) is 70.9 cm³/mol. The lowest BCUT2D eigenvalue weighted by Gasteiger charge is -2.12. The SMILES string of the molecule is CCCOc1c(I)cc(/C=N\O)cc1OC. The third kappa shape index (κ3) is 3.26. The lowest BCUT2D eigenvalue weighted by molar-refractivity contribution is 0.292. The van der Waals surface area contributed by atoms with Gasteiger partial charge in [-0.05, 0) is 41.1 Å². The second kappa shape index (κ2) is 6.57. The van der Waals surface area contributed by atoms with Crippen molar-refractivity contribution in [1.29, 1.82) is 0 Å². The molecule has 0 bridgehead atoms. The van der Waals surface area contributed by atoms with E-state index in [9.17, 15) is 0 Å². The third-order valence-electron chi connectivity index (χ3n) is 1.91. The normalized spacial score (nSPS) is 10.7. The Morgan fingerprint density at radius 3 is 2.81 bits per heavy atom. The molecule has 16 heavy (non-hydrogen) atoms. The van der Waals surface area contributed by atoms with Crippen LogP contribution in [0.4, 0.5) is 0 Å². The molecule has 0 aliphatic rings. The van der Waals surface area contributed by atoms with E-state index in [-0.39, 0.29) is 0 Å². The number of benzene rings is 1. The van der Waals surface area contributed by atoms with Crippen molar-refractivity contribution in [3.8, 4) is 11.5 Å². The Labute approximate surface area is 108 Å². The van der Waals surface area contributed by atoms with Crippen molar-refractivity contribution in [2.75, 3.05) is 13.7 Å². The summed E-state index contributed by atoms with van der Waals surface area (Å²) in [5.41, 5.74) is 0.771. The minimum atomic E-state index is 0.648. The van der Waals surface area contributed by atoms with E-state index in [0.717, 1.165) is 21.3 Å². The van der Waals surface area contributed by atoms with E-state index in [1.54, 1.807) is 13.2 Å². The Morgan fingerprint density at radius 2 is 2.25 bits per heavy atom. The van der Waals surface area contributed by atoms with Crippen molar-refractivity contribution in [2.45, 2.75) is 13.3 Å². The molecule has 5 heteroatoms. The molecule has 0 amide bonds. The fourth-order valence-electron chi connectivity index (χ4n) is 1.23. The first-order valence-electron chi connectivity index (χ1n) is 4.90. The summed E-state index contributed by atoms with van der Waals surface area (Å²) in [7, 11) is 1.59. The Hall–Kier alpha value is -0.980. The van der Waals surface area contributed by atoms with Crippen LogP contribution in [0.3, 0.4) is 0 Å². The van der Waals surface area contributed by atoms with Gasteiger partial charge >= 0.3 is 0 Å². The number of ether oxygens (including phenoxy) is 2. The second-order valence-corrected chi connectivity index (χ2v) is 4.29. The van der Waals surface area contributed by atoms with Crippen molar-refractivity contribution in [1.82, 2.24) is 0 Å². The number of nitrogens with zero attached hydrogens (tertiary/aromatic N) is 1. The van der Waals surface area contributed by atoms with Gasteiger partial charge in [0.15, 0.2) is 11.5 Å². The molecule has 0 aliphatic heterocycles. The van der Waals surface area contributed by atoms with Gasteiger partial charge in [-0.25, -0.2) is 0 Å². The van der Waals surface area contributed by atoms with E-state index < -0.39 is 0 Å². The van der Waals surface area contributed by atoms with E-state index in [1.165, 1.54) is 6.21 Å². The molecule has 0 spiro atoms. The van der Waals surface area contributed by atoms with E-state index in [0.29, 0.717) is 12.4 Å². The van der Waals surface area contributed by atoms with Crippen LogP contribution in [0.25, 0.3) is 0 Å². The van der Waals surface area contributed by atoms with Crippen molar-refractivity contribution in [3.05, 3.63) is 21.3 Å². The fraction of sp³-hybridized carbons (Fsp3) is 0.364. The zero-order chi connectivity index (χ0) is 12.0. The minimum absolute atomic E-state index is 0.648. The van der Waals surface area contributed by atoms with Gasteiger partial charge in [0.05, 0.1) is 23.5 Å². The van der Waals surface area contributed by atoms with Crippen LogP contribution in [0.1, 0.15) is 18.9 Å². The lowest BCUT2D eigenvalue weighted by atomic mass is 10.2. The van der Waals surface area contributed by atoms with Crippen LogP contribution in [0.15, 0.2) is 17.3 Å². The average Bonchev–Trinajstić information content (AvgIpc) is 2.27. The highest BCUT2D eigenvalue weighted by molar-refractivity contribution is 14.1. The van der Waals surface area contributed by atoms with Crippen LogP contribution >= 0.6 is 22.6 Å². The number of hydrogen-bond acceptors (Lipinski definition) is 4. The summed E-state index contributed by atoms with van der Waals surface area (Å²) in [4.78, 5) is 0. The quantitative estimate of drug-likeness (QED) is 0.390. The molecule has 1 aromatic rings. The van der Waals surface area contributed by atoms with Gasteiger partial charge in [-0.1, -0.05) is 12.1 Å². The Balaban J connectivity index is 3.07. The topological polar surface area (TPSA) is 51.0 Å². The molecule has 0 radical (unpaired) electrons. The molecule has 4 nitrogen and oxygen atoms in total. The van der Waals surface area contributed by atoms with E-state index in [1.807, 2.05) is 13.0 Å². The summed E-state index contributed by atoms with van der Waals surface area (Å²) < 4.78 is 11.8. The van der Waals surface area contributed by atoms with Crippen LogP contribution < -0.4 is 9.47 Å². The van der Waals surface area contributed by atoms with Crippen LogP contribution in [0.5, 0.6) is 11.5 Å². The van der Waals surface area contributed by atoms with E-state index >= 15 is 0 Å². The monoisotopic (exact) mass is 335 g/mol. The molecule has 0 fully saturated rings. The lowest BCUT2D eigenvalue weighted by Crippen LogP contribution is -2.01. The summed E-state index contributed by atoms with van der Waals surface area (Å²) in [5, 5.41) is 11.5. The first kappa shape index (κ1) is 13.1. The van der Waals surface area contributed by atoms with Crippen molar-refractivity contribution >= 4 is 28.8 Å². The molecule has 0 saturated carbocycles. The van der Waals surface area contributed by atoms with Crippen LogP contribution in [0, 0.1) is 3.57 Å². The molecular weight excluding hydrogens is 321 g/mol. The largest absolute Gasteiger partial charge is 0.493 e. The van der Waals surface area contributed by atoms with Gasteiger partial charge in [0, 0.05) is 5.56 Å². The van der Waals surface area contributed by atoms with Crippen LogP contribution in [-0.4, -0.2) is 25.1 Å². The number of rotatable bonds is 5. The van der Waals surface area contributed by atoms with Gasteiger partial charge in [-0.15, -0.1) is 0 Å². The molecule has 1 rings (SSSR count). The molecule has 1 aromatic carbocycles.